The number of rotatable bonds is 7. The highest BCUT2D eigenvalue weighted by Crippen LogP contribution is 2.23. The number of hydrogen-bond donors (Lipinski definition) is 1. The fourth-order valence-corrected chi connectivity index (χ4v) is 2.34. The van der Waals surface area contributed by atoms with E-state index in [4.69, 9.17) is 0 Å². The van der Waals surface area contributed by atoms with Crippen molar-refractivity contribution in [3.8, 4) is 0 Å². The van der Waals surface area contributed by atoms with Gasteiger partial charge < -0.3 is 5.32 Å². The first kappa shape index (κ1) is 13.4. The Labute approximate surface area is 104 Å². The fourth-order valence-electron chi connectivity index (χ4n) is 1.70. The van der Waals surface area contributed by atoms with Crippen molar-refractivity contribution in [2.75, 3.05) is 23.4 Å². The quantitative estimate of drug-likeness (QED) is 0.707. The van der Waals surface area contributed by atoms with Gasteiger partial charge in [0.2, 0.25) is 0 Å². The summed E-state index contributed by atoms with van der Waals surface area (Å²) in [5.74, 6) is 3.07. The third-order valence-corrected chi connectivity index (χ3v) is 3.55. The molecule has 1 aromatic carbocycles. The minimum Gasteiger partial charge on any atom is -0.385 e. The van der Waals surface area contributed by atoms with E-state index in [9.17, 15) is 0 Å². The Morgan fingerprint density at radius 3 is 2.69 bits per heavy atom. The molecule has 0 saturated heterocycles. The molecule has 1 nitrogen and oxygen atoms in total. The maximum Gasteiger partial charge on any atom is 0.0375 e. The zero-order chi connectivity index (χ0) is 11.8. The van der Waals surface area contributed by atoms with Gasteiger partial charge in [0.15, 0.2) is 0 Å². The van der Waals surface area contributed by atoms with Crippen LogP contribution in [0.15, 0.2) is 24.3 Å². The van der Waals surface area contributed by atoms with Crippen molar-refractivity contribution in [1.82, 2.24) is 0 Å². The summed E-state index contributed by atoms with van der Waals surface area (Å²) in [4.78, 5) is 0. The highest BCUT2D eigenvalue weighted by atomic mass is 32.2. The molecule has 1 aromatic rings. The van der Waals surface area contributed by atoms with Crippen LogP contribution in [0.1, 0.15) is 38.7 Å². The van der Waals surface area contributed by atoms with Crippen LogP contribution in [0.4, 0.5) is 5.69 Å². The summed E-state index contributed by atoms with van der Waals surface area (Å²) in [6, 6.07) is 8.62. The number of benzene rings is 1. The molecule has 0 aliphatic carbocycles. The highest BCUT2D eigenvalue weighted by molar-refractivity contribution is 7.99. The molecule has 0 atom stereocenters. The van der Waals surface area contributed by atoms with Crippen molar-refractivity contribution in [1.29, 1.82) is 0 Å². The zero-order valence-corrected chi connectivity index (χ0v) is 11.4. The largest absolute Gasteiger partial charge is 0.385 e. The van der Waals surface area contributed by atoms with Crippen LogP contribution in [-0.2, 0) is 0 Å². The molecule has 0 unspecified atom stereocenters. The van der Waals surface area contributed by atoms with E-state index in [1.165, 1.54) is 29.2 Å². The van der Waals surface area contributed by atoms with Crippen LogP contribution in [0.3, 0.4) is 0 Å². The molecule has 16 heavy (non-hydrogen) atoms. The van der Waals surface area contributed by atoms with Gasteiger partial charge in [-0.25, -0.2) is 0 Å². The van der Waals surface area contributed by atoms with Crippen LogP contribution in [0.5, 0.6) is 0 Å². The number of anilines is 1. The standard InChI is InChI=1S/C14H23NS/c1-4-16-11-7-10-15-14-9-6-5-8-13(14)12(2)3/h5-6,8-9,12,15H,4,7,10-11H2,1-3H3. The van der Waals surface area contributed by atoms with E-state index >= 15 is 0 Å². The molecule has 0 heterocycles. The first-order chi connectivity index (χ1) is 7.75. The summed E-state index contributed by atoms with van der Waals surface area (Å²) < 4.78 is 0. The van der Waals surface area contributed by atoms with Crippen LogP contribution in [0, 0.1) is 0 Å². The SMILES string of the molecule is CCSCCCNc1ccccc1C(C)C. The molecule has 0 bridgehead atoms. The van der Waals surface area contributed by atoms with Gasteiger partial charge in [-0.05, 0) is 35.5 Å². The topological polar surface area (TPSA) is 12.0 Å². The molecule has 0 aliphatic rings. The molecule has 1 N–H and O–H groups in total. The summed E-state index contributed by atoms with van der Waals surface area (Å²) in [7, 11) is 0. The zero-order valence-electron chi connectivity index (χ0n) is 10.6. The minimum atomic E-state index is 0.591. The summed E-state index contributed by atoms with van der Waals surface area (Å²) in [6.45, 7) is 7.78. The number of nitrogens with one attached hydrogen (secondary N) is 1. The summed E-state index contributed by atoms with van der Waals surface area (Å²) >= 11 is 2.01. The van der Waals surface area contributed by atoms with E-state index in [2.05, 4.69) is 50.4 Å². The maximum atomic E-state index is 3.54. The minimum absolute atomic E-state index is 0.591. The molecular weight excluding hydrogens is 214 g/mol. The van der Waals surface area contributed by atoms with Crippen molar-refractivity contribution in [3.05, 3.63) is 29.8 Å². The lowest BCUT2D eigenvalue weighted by atomic mass is 10.0. The molecule has 0 saturated carbocycles. The van der Waals surface area contributed by atoms with Crippen LogP contribution in [0.25, 0.3) is 0 Å². The molecular formula is C14H23NS. The van der Waals surface area contributed by atoms with Crippen molar-refractivity contribution in [2.45, 2.75) is 33.1 Å². The van der Waals surface area contributed by atoms with Crippen molar-refractivity contribution < 1.29 is 0 Å². The van der Waals surface area contributed by atoms with Crippen LogP contribution < -0.4 is 5.32 Å². The summed E-state index contributed by atoms with van der Waals surface area (Å²) in [6.07, 6.45) is 1.24. The second-order valence-corrected chi connectivity index (χ2v) is 5.61. The lowest BCUT2D eigenvalue weighted by Crippen LogP contribution is -2.05. The Bertz CT molecular complexity index is 297. The highest BCUT2D eigenvalue weighted by Gasteiger charge is 2.04. The van der Waals surface area contributed by atoms with E-state index < -0.39 is 0 Å². The van der Waals surface area contributed by atoms with Crippen LogP contribution in [-0.4, -0.2) is 18.1 Å². The van der Waals surface area contributed by atoms with Gasteiger partial charge in [0, 0.05) is 12.2 Å². The molecule has 0 spiro atoms. The number of thioether (sulfide) groups is 1. The van der Waals surface area contributed by atoms with Gasteiger partial charge in [-0.2, -0.15) is 11.8 Å². The van der Waals surface area contributed by atoms with E-state index in [0.717, 1.165) is 6.54 Å². The molecule has 0 fully saturated rings. The summed E-state index contributed by atoms with van der Waals surface area (Å²) in [5, 5.41) is 3.54. The van der Waals surface area contributed by atoms with Gasteiger partial charge in [0.05, 0.1) is 0 Å². The molecule has 2 heteroatoms. The van der Waals surface area contributed by atoms with Gasteiger partial charge in [-0.15, -0.1) is 0 Å². The summed E-state index contributed by atoms with van der Waals surface area (Å²) in [5.41, 5.74) is 2.73. The number of para-hydroxylation sites is 1. The Morgan fingerprint density at radius 2 is 2.00 bits per heavy atom. The maximum absolute atomic E-state index is 3.54. The average Bonchev–Trinajstić information content (AvgIpc) is 2.29. The molecule has 0 amide bonds. The van der Waals surface area contributed by atoms with E-state index in [0.29, 0.717) is 5.92 Å². The normalized spacial score (nSPS) is 10.8. The Balaban J connectivity index is 2.41. The Morgan fingerprint density at radius 1 is 1.25 bits per heavy atom. The van der Waals surface area contributed by atoms with Crippen LogP contribution in [0.2, 0.25) is 0 Å². The molecule has 90 valence electrons. The monoisotopic (exact) mass is 237 g/mol. The smallest absolute Gasteiger partial charge is 0.0375 e. The third kappa shape index (κ3) is 4.48. The first-order valence-electron chi connectivity index (χ1n) is 6.16. The van der Waals surface area contributed by atoms with E-state index in [-0.39, 0.29) is 0 Å². The fraction of sp³-hybridized carbons (Fsp3) is 0.571. The lowest BCUT2D eigenvalue weighted by Gasteiger charge is -2.14. The Kier molecular flexibility index (Phi) is 6.39. The second kappa shape index (κ2) is 7.61. The van der Waals surface area contributed by atoms with Gasteiger partial charge in [0.25, 0.3) is 0 Å². The van der Waals surface area contributed by atoms with Crippen molar-refractivity contribution >= 4 is 17.4 Å². The van der Waals surface area contributed by atoms with E-state index in [1.807, 2.05) is 11.8 Å². The van der Waals surface area contributed by atoms with Gasteiger partial charge >= 0.3 is 0 Å². The first-order valence-corrected chi connectivity index (χ1v) is 7.31. The second-order valence-electron chi connectivity index (χ2n) is 4.22. The Hall–Kier alpha value is -0.630. The number of hydrogen-bond acceptors (Lipinski definition) is 2. The van der Waals surface area contributed by atoms with Crippen LogP contribution >= 0.6 is 11.8 Å². The molecule has 0 aliphatic heterocycles. The third-order valence-electron chi connectivity index (χ3n) is 2.57. The molecule has 0 aromatic heterocycles. The van der Waals surface area contributed by atoms with Crippen molar-refractivity contribution in [3.63, 3.8) is 0 Å². The van der Waals surface area contributed by atoms with E-state index in [1.54, 1.807) is 0 Å². The average molecular weight is 237 g/mol. The predicted molar refractivity (Wildman–Crippen MR) is 76.6 cm³/mol. The van der Waals surface area contributed by atoms with Gasteiger partial charge in [0.1, 0.15) is 0 Å². The molecule has 1 rings (SSSR count). The van der Waals surface area contributed by atoms with Gasteiger partial charge in [-0.3, -0.25) is 0 Å². The lowest BCUT2D eigenvalue weighted by molar-refractivity contribution is 0.863. The van der Waals surface area contributed by atoms with Gasteiger partial charge in [-0.1, -0.05) is 39.0 Å². The molecule has 0 radical (unpaired) electrons. The van der Waals surface area contributed by atoms with Crippen molar-refractivity contribution in [2.24, 2.45) is 0 Å². The predicted octanol–water partition coefficient (Wildman–Crippen LogP) is 4.37.